The van der Waals surface area contributed by atoms with Crippen molar-refractivity contribution in [3.05, 3.63) is 70.3 Å². The minimum absolute atomic E-state index is 1.24. The molecule has 0 saturated carbocycles. The summed E-state index contributed by atoms with van der Waals surface area (Å²) in [5.41, 5.74) is 6.49. The van der Waals surface area contributed by atoms with Gasteiger partial charge in [-0.3, -0.25) is 0 Å². The standard InChI is InChI=1S/C17H14/c1-13-2-4-14(5-3-13)6-7-15-8-9-16-10-11-17(16)12-15/h2-12H,1H3. The predicted molar refractivity (Wildman–Crippen MR) is 75.5 cm³/mol. The van der Waals surface area contributed by atoms with Gasteiger partial charge in [-0.05, 0) is 35.2 Å². The molecule has 0 heteroatoms. The Kier molecular flexibility index (Phi) is 2.41. The molecular formula is C17H14. The van der Waals surface area contributed by atoms with E-state index >= 15 is 0 Å². The largest absolute Gasteiger partial charge is 0.0587 e. The van der Waals surface area contributed by atoms with Crippen molar-refractivity contribution in [3.8, 4) is 0 Å². The lowest BCUT2D eigenvalue weighted by atomic mass is 9.95. The van der Waals surface area contributed by atoms with E-state index in [2.05, 4.69) is 73.7 Å². The Bertz CT molecular complexity index is 598. The van der Waals surface area contributed by atoms with E-state index < -0.39 is 0 Å². The quantitative estimate of drug-likeness (QED) is 0.549. The first-order valence-electron chi connectivity index (χ1n) is 5.88. The molecule has 2 aromatic rings. The van der Waals surface area contributed by atoms with Gasteiger partial charge in [0.25, 0.3) is 0 Å². The first kappa shape index (κ1) is 10.1. The molecule has 0 aliphatic heterocycles. The van der Waals surface area contributed by atoms with E-state index in [0.717, 1.165) is 0 Å². The van der Waals surface area contributed by atoms with Crippen LogP contribution in [0, 0.1) is 6.92 Å². The van der Waals surface area contributed by atoms with E-state index in [0.29, 0.717) is 0 Å². The monoisotopic (exact) mass is 218 g/mol. The summed E-state index contributed by atoms with van der Waals surface area (Å²) in [6.07, 6.45) is 8.61. The van der Waals surface area contributed by atoms with Crippen LogP contribution in [0.15, 0.2) is 42.5 Å². The average Bonchev–Trinajstić information content (AvgIpc) is 2.31. The van der Waals surface area contributed by atoms with Crippen LogP contribution in [0.25, 0.3) is 24.3 Å². The van der Waals surface area contributed by atoms with Crippen LogP contribution in [-0.2, 0) is 0 Å². The van der Waals surface area contributed by atoms with E-state index in [9.17, 15) is 0 Å². The minimum Gasteiger partial charge on any atom is -0.0587 e. The fourth-order valence-corrected chi connectivity index (χ4v) is 1.95. The lowest BCUT2D eigenvalue weighted by molar-refractivity contribution is 1.46. The number of benzene rings is 2. The van der Waals surface area contributed by atoms with Crippen LogP contribution in [0.4, 0.5) is 0 Å². The van der Waals surface area contributed by atoms with Crippen molar-refractivity contribution in [2.75, 3.05) is 0 Å². The van der Waals surface area contributed by atoms with Gasteiger partial charge in [0.15, 0.2) is 0 Å². The second-order valence-corrected chi connectivity index (χ2v) is 4.47. The summed E-state index contributed by atoms with van der Waals surface area (Å²) in [6.45, 7) is 2.11. The molecule has 0 N–H and O–H groups in total. The van der Waals surface area contributed by atoms with Crippen molar-refractivity contribution in [3.63, 3.8) is 0 Å². The molecule has 0 bridgehead atoms. The van der Waals surface area contributed by atoms with E-state index in [1.807, 2.05) is 0 Å². The smallest absolute Gasteiger partial charge is 0.0178 e. The molecule has 0 fully saturated rings. The molecule has 0 heterocycles. The van der Waals surface area contributed by atoms with Gasteiger partial charge in [0.2, 0.25) is 0 Å². The maximum atomic E-state index is 2.22. The van der Waals surface area contributed by atoms with E-state index in [1.165, 1.54) is 27.8 Å². The first-order chi connectivity index (χ1) is 8.31. The predicted octanol–water partition coefficient (Wildman–Crippen LogP) is 4.65. The van der Waals surface area contributed by atoms with Gasteiger partial charge in [0.05, 0.1) is 0 Å². The Hall–Kier alpha value is -2.08. The molecule has 0 nitrogen and oxygen atoms in total. The molecular weight excluding hydrogens is 204 g/mol. The fourth-order valence-electron chi connectivity index (χ4n) is 1.95. The molecule has 0 aromatic heterocycles. The summed E-state index contributed by atoms with van der Waals surface area (Å²) in [5, 5.41) is 0. The molecule has 82 valence electrons. The summed E-state index contributed by atoms with van der Waals surface area (Å²) in [4.78, 5) is 0. The van der Waals surface area contributed by atoms with Gasteiger partial charge in [-0.15, -0.1) is 0 Å². The zero-order valence-electron chi connectivity index (χ0n) is 9.85. The number of hydrogen-bond donors (Lipinski definition) is 0. The van der Waals surface area contributed by atoms with Gasteiger partial charge in [-0.25, -0.2) is 0 Å². The van der Waals surface area contributed by atoms with Crippen molar-refractivity contribution in [2.24, 2.45) is 0 Å². The minimum atomic E-state index is 1.24. The summed E-state index contributed by atoms with van der Waals surface area (Å²) >= 11 is 0. The maximum absolute atomic E-state index is 2.22. The second-order valence-electron chi connectivity index (χ2n) is 4.47. The van der Waals surface area contributed by atoms with E-state index in [-0.39, 0.29) is 0 Å². The highest BCUT2D eigenvalue weighted by atomic mass is 14.1. The van der Waals surface area contributed by atoms with Gasteiger partial charge in [-0.1, -0.05) is 66.3 Å². The zero-order valence-corrected chi connectivity index (χ0v) is 9.85. The van der Waals surface area contributed by atoms with Crippen LogP contribution in [0.3, 0.4) is 0 Å². The van der Waals surface area contributed by atoms with Crippen LogP contribution in [0.2, 0.25) is 0 Å². The molecule has 17 heavy (non-hydrogen) atoms. The molecule has 0 radical (unpaired) electrons. The van der Waals surface area contributed by atoms with Crippen molar-refractivity contribution in [1.29, 1.82) is 0 Å². The van der Waals surface area contributed by atoms with E-state index in [1.54, 1.807) is 0 Å². The molecule has 3 rings (SSSR count). The van der Waals surface area contributed by atoms with Crippen LogP contribution < -0.4 is 0 Å². The van der Waals surface area contributed by atoms with Gasteiger partial charge in [0.1, 0.15) is 0 Å². The van der Waals surface area contributed by atoms with Crippen LogP contribution in [-0.4, -0.2) is 0 Å². The molecule has 0 saturated heterocycles. The van der Waals surface area contributed by atoms with Gasteiger partial charge in [0, 0.05) is 0 Å². The molecule has 2 aromatic carbocycles. The molecule has 1 aliphatic carbocycles. The number of hydrogen-bond acceptors (Lipinski definition) is 0. The topological polar surface area (TPSA) is 0 Å². The van der Waals surface area contributed by atoms with Crippen LogP contribution >= 0.6 is 0 Å². The van der Waals surface area contributed by atoms with E-state index in [4.69, 9.17) is 0 Å². The lowest BCUT2D eigenvalue weighted by Crippen LogP contribution is -1.89. The summed E-state index contributed by atoms with van der Waals surface area (Å²) in [7, 11) is 0. The second kappa shape index (κ2) is 4.06. The Labute approximate surface area is 102 Å². The maximum Gasteiger partial charge on any atom is -0.0178 e. The third-order valence-electron chi connectivity index (χ3n) is 3.10. The van der Waals surface area contributed by atoms with Crippen molar-refractivity contribution in [2.45, 2.75) is 6.92 Å². The summed E-state index contributed by atoms with van der Waals surface area (Å²) in [5.74, 6) is 0. The molecule has 0 amide bonds. The SMILES string of the molecule is Cc1ccc(C=Cc2ccc3c(c2)C=C3)cc1. The van der Waals surface area contributed by atoms with Crippen molar-refractivity contribution < 1.29 is 0 Å². The Morgan fingerprint density at radius 1 is 0.706 bits per heavy atom. The number of aryl methyl sites for hydroxylation is 1. The highest BCUT2D eigenvalue weighted by Gasteiger charge is 2.03. The molecule has 0 spiro atoms. The summed E-state index contributed by atoms with van der Waals surface area (Å²) < 4.78 is 0. The Balaban J connectivity index is 1.82. The third-order valence-corrected chi connectivity index (χ3v) is 3.10. The van der Waals surface area contributed by atoms with Gasteiger partial charge < -0.3 is 0 Å². The highest BCUT2D eigenvalue weighted by molar-refractivity contribution is 5.87. The Morgan fingerprint density at radius 2 is 1.35 bits per heavy atom. The number of rotatable bonds is 2. The zero-order chi connectivity index (χ0) is 11.7. The summed E-state index contributed by atoms with van der Waals surface area (Å²) in [6, 6.07) is 15.1. The Morgan fingerprint density at radius 3 is 2.00 bits per heavy atom. The van der Waals surface area contributed by atoms with Crippen molar-refractivity contribution >= 4 is 24.3 Å². The van der Waals surface area contributed by atoms with Gasteiger partial charge in [-0.2, -0.15) is 0 Å². The average molecular weight is 218 g/mol. The number of fused-ring (bicyclic) bond motifs is 1. The fraction of sp³-hybridized carbons (Fsp3) is 0.0588. The van der Waals surface area contributed by atoms with Crippen molar-refractivity contribution in [1.82, 2.24) is 0 Å². The van der Waals surface area contributed by atoms with Gasteiger partial charge >= 0.3 is 0 Å². The van der Waals surface area contributed by atoms with Crippen LogP contribution in [0.5, 0.6) is 0 Å². The molecule has 1 aliphatic rings. The van der Waals surface area contributed by atoms with Crippen LogP contribution in [0.1, 0.15) is 27.8 Å². The normalized spacial score (nSPS) is 12.5. The lowest BCUT2D eigenvalue weighted by Gasteiger charge is -2.10. The third kappa shape index (κ3) is 2.07. The highest BCUT2D eigenvalue weighted by Crippen LogP contribution is 2.25. The molecule has 0 atom stereocenters. The molecule has 0 unspecified atom stereocenters. The first-order valence-corrected chi connectivity index (χ1v) is 5.88.